The van der Waals surface area contributed by atoms with Crippen molar-refractivity contribution in [1.29, 1.82) is 0 Å². The molecule has 0 radical (unpaired) electrons. The van der Waals surface area contributed by atoms with E-state index in [0.29, 0.717) is 18.2 Å². The standard InChI is InChI=1S/C11H20N4O2S.ClH/c1-8-10(6-13-15(8)3)18(16,17)14-11(2,7-12)9-4-5-9;/h6,9,14H,4-5,7,12H2,1-3H3;1H. The fourth-order valence-corrected chi connectivity index (χ4v) is 3.80. The SMILES string of the molecule is Cc1c(S(=O)(=O)NC(C)(CN)C2CC2)cnn1C.Cl. The number of nitrogens with one attached hydrogen (secondary N) is 1. The zero-order chi connectivity index (χ0) is 13.6. The Kier molecular flexibility index (Phi) is 4.66. The number of nitrogens with two attached hydrogens (primary N) is 1. The van der Waals surface area contributed by atoms with Crippen molar-refractivity contribution in [1.82, 2.24) is 14.5 Å². The van der Waals surface area contributed by atoms with Gasteiger partial charge in [0.25, 0.3) is 0 Å². The van der Waals surface area contributed by atoms with Crippen LogP contribution in [-0.2, 0) is 17.1 Å². The number of hydrogen-bond donors (Lipinski definition) is 2. The molecule has 0 spiro atoms. The maximum Gasteiger partial charge on any atom is 0.244 e. The average molecular weight is 309 g/mol. The van der Waals surface area contributed by atoms with Crippen molar-refractivity contribution in [2.24, 2.45) is 18.7 Å². The zero-order valence-electron chi connectivity index (χ0n) is 11.4. The normalized spacial score (nSPS) is 18.7. The molecule has 1 aromatic heterocycles. The van der Waals surface area contributed by atoms with Crippen molar-refractivity contribution >= 4 is 22.4 Å². The molecule has 6 nitrogen and oxygen atoms in total. The average Bonchev–Trinajstić information content (AvgIpc) is 3.07. The molecule has 1 saturated carbocycles. The Labute approximate surface area is 120 Å². The van der Waals surface area contributed by atoms with Crippen LogP contribution in [0.3, 0.4) is 0 Å². The van der Waals surface area contributed by atoms with Gasteiger partial charge in [0.1, 0.15) is 4.90 Å². The molecule has 0 aromatic carbocycles. The quantitative estimate of drug-likeness (QED) is 0.831. The second-order valence-corrected chi connectivity index (χ2v) is 6.87. The lowest BCUT2D eigenvalue weighted by Crippen LogP contribution is -2.53. The Morgan fingerprint density at radius 3 is 2.53 bits per heavy atom. The van der Waals surface area contributed by atoms with Gasteiger partial charge >= 0.3 is 0 Å². The van der Waals surface area contributed by atoms with Gasteiger partial charge in [0.2, 0.25) is 10.0 Å². The summed E-state index contributed by atoms with van der Waals surface area (Å²) in [5, 5.41) is 3.97. The van der Waals surface area contributed by atoms with E-state index in [0.717, 1.165) is 12.8 Å². The van der Waals surface area contributed by atoms with E-state index in [2.05, 4.69) is 9.82 Å². The Morgan fingerprint density at radius 1 is 1.58 bits per heavy atom. The van der Waals surface area contributed by atoms with Crippen molar-refractivity contribution in [3.63, 3.8) is 0 Å². The lowest BCUT2D eigenvalue weighted by Gasteiger charge is -2.28. The summed E-state index contributed by atoms with van der Waals surface area (Å²) in [4.78, 5) is 0.227. The third-order valence-electron chi connectivity index (χ3n) is 3.75. The number of sulfonamides is 1. The summed E-state index contributed by atoms with van der Waals surface area (Å²) in [6.45, 7) is 3.91. The largest absolute Gasteiger partial charge is 0.329 e. The zero-order valence-corrected chi connectivity index (χ0v) is 13.0. The molecule has 3 N–H and O–H groups in total. The van der Waals surface area contributed by atoms with Crippen LogP contribution >= 0.6 is 12.4 Å². The van der Waals surface area contributed by atoms with Crippen LogP contribution < -0.4 is 10.5 Å². The molecule has 19 heavy (non-hydrogen) atoms. The van der Waals surface area contributed by atoms with Crippen LogP contribution in [0.5, 0.6) is 0 Å². The second kappa shape index (κ2) is 5.40. The number of nitrogens with zero attached hydrogens (tertiary/aromatic N) is 2. The predicted octanol–water partition coefficient (Wildman–Crippen LogP) is 0.556. The van der Waals surface area contributed by atoms with Gasteiger partial charge in [-0.05, 0) is 32.6 Å². The summed E-state index contributed by atoms with van der Waals surface area (Å²) < 4.78 is 29.0. The molecular formula is C11H21ClN4O2S. The highest BCUT2D eigenvalue weighted by atomic mass is 35.5. The Hall–Kier alpha value is -0.630. The van der Waals surface area contributed by atoms with Crippen molar-refractivity contribution in [3.05, 3.63) is 11.9 Å². The topological polar surface area (TPSA) is 90.0 Å². The first-order valence-electron chi connectivity index (χ1n) is 6.03. The summed E-state index contributed by atoms with van der Waals surface area (Å²) >= 11 is 0. The van der Waals surface area contributed by atoms with Crippen LogP contribution in [0.4, 0.5) is 0 Å². The van der Waals surface area contributed by atoms with Gasteiger partial charge in [0, 0.05) is 19.1 Å². The second-order valence-electron chi connectivity index (χ2n) is 5.22. The third-order valence-corrected chi connectivity index (χ3v) is 5.46. The highest BCUT2D eigenvalue weighted by Gasteiger charge is 2.43. The van der Waals surface area contributed by atoms with E-state index in [1.54, 1.807) is 18.7 Å². The van der Waals surface area contributed by atoms with Crippen LogP contribution in [0.15, 0.2) is 11.1 Å². The lowest BCUT2D eigenvalue weighted by molar-refractivity contribution is 0.374. The van der Waals surface area contributed by atoms with E-state index in [4.69, 9.17) is 5.73 Å². The van der Waals surface area contributed by atoms with Crippen molar-refractivity contribution in [3.8, 4) is 0 Å². The first kappa shape index (κ1) is 16.4. The molecule has 1 heterocycles. The van der Waals surface area contributed by atoms with Gasteiger partial charge in [-0.25, -0.2) is 13.1 Å². The molecule has 0 bridgehead atoms. The minimum atomic E-state index is -3.56. The monoisotopic (exact) mass is 308 g/mol. The van der Waals surface area contributed by atoms with Gasteiger partial charge < -0.3 is 5.73 Å². The molecule has 0 amide bonds. The van der Waals surface area contributed by atoms with Crippen LogP contribution in [0.1, 0.15) is 25.5 Å². The molecule has 1 fully saturated rings. The number of aryl methyl sites for hydroxylation is 1. The summed E-state index contributed by atoms with van der Waals surface area (Å²) in [6, 6.07) is 0. The van der Waals surface area contributed by atoms with Crippen molar-refractivity contribution < 1.29 is 8.42 Å². The molecule has 1 unspecified atom stereocenters. The number of rotatable bonds is 5. The molecule has 2 rings (SSSR count). The van der Waals surface area contributed by atoms with Crippen LogP contribution in [0.2, 0.25) is 0 Å². The predicted molar refractivity (Wildman–Crippen MR) is 75.7 cm³/mol. The minimum absolute atomic E-state index is 0. The van der Waals surface area contributed by atoms with Gasteiger partial charge in [-0.1, -0.05) is 0 Å². The van der Waals surface area contributed by atoms with Crippen LogP contribution in [0.25, 0.3) is 0 Å². The Bertz CT molecular complexity index is 553. The van der Waals surface area contributed by atoms with Gasteiger partial charge in [-0.3, -0.25) is 4.68 Å². The summed E-state index contributed by atoms with van der Waals surface area (Å²) in [7, 11) is -1.84. The van der Waals surface area contributed by atoms with E-state index in [1.807, 2.05) is 6.92 Å². The first-order valence-corrected chi connectivity index (χ1v) is 7.51. The molecule has 0 aliphatic heterocycles. The highest BCUT2D eigenvalue weighted by molar-refractivity contribution is 7.89. The number of halogens is 1. The molecule has 110 valence electrons. The maximum absolute atomic E-state index is 12.4. The van der Waals surface area contributed by atoms with E-state index in [9.17, 15) is 8.42 Å². The van der Waals surface area contributed by atoms with E-state index >= 15 is 0 Å². The van der Waals surface area contributed by atoms with Crippen molar-refractivity contribution in [2.45, 2.75) is 37.1 Å². The molecule has 8 heteroatoms. The Morgan fingerprint density at radius 2 is 2.16 bits per heavy atom. The molecule has 1 aromatic rings. The number of hydrogen-bond acceptors (Lipinski definition) is 4. The van der Waals surface area contributed by atoms with Crippen LogP contribution in [-0.4, -0.2) is 30.3 Å². The lowest BCUT2D eigenvalue weighted by atomic mass is 9.98. The Balaban J connectivity index is 0.00000180. The summed E-state index contributed by atoms with van der Waals surface area (Å²) in [5.41, 5.74) is 5.80. The van der Waals surface area contributed by atoms with Crippen molar-refractivity contribution in [2.75, 3.05) is 6.54 Å². The van der Waals surface area contributed by atoms with E-state index in [1.165, 1.54) is 6.20 Å². The van der Waals surface area contributed by atoms with Gasteiger partial charge in [-0.15, -0.1) is 12.4 Å². The molecule has 1 atom stereocenters. The third kappa shape index (κ3) is 3.10. The number of aromatic nitrogens is 2. The summed E-state index contributed by atoms with van der Waals surface area (Å²) in [6.07, 6.45) is 3.44. The van der Waals surface area contributed by atoms with E-state index in [-0.39, 0.29) is 17.3 Å². The smallest absolute Gasteiger partial charge is 0.244 e. The maximum atomic E-state index is 12.4. The van der Waals surface area contributed by atoms with Gasteiger partial charge in [0.15, 0.2) is 0 Å². The summed E-state index contributed by atoms with van der Waals surface area (Å²) in [5.74, 6) is 0.342. The fourth-order valence-electron chi connectivity index (χ4n) is 2.12. The van der Waals surface area contributed by atoms with E-state index < -0.39 is 15.6 Å². The molecule has 1 aliphatic rings. The minimum Gasteiger partial charge on any atom is -0.329 e. The van der Waals surface area contributed by atoms with Crippen LogP contribution in [0, 0.1) is 12.8 Å². The van der Waals surface area contributed by atoms with Gasteiger partial charge in [-0.2, -0.15) is 5.10 Å². The first-order chi connectivity index (χ1) is 8.30. The fraction of sp³-hybridized carbons (Fsp3) is 0.727. The van der Waals surface area contributed by atoms with Gasteiger partial charge in [0.05, 0.1) is 11.9 Å². The molecule has 0 saturated heterocycles. The molecule has 1 aliphatic carbocycles. The molecular weight excluding hydrogens is 288 g/mol. The highest BCUT2D eigenvalue weighted by Crippen LogP contribution is 2.39.